The lowest BCUT2D eigenvalue weighted by Gasteiger charge is -2.54. The minimum Gasteiger partial charge on any atom is -0.497 e. The molecule has 0 heterocycles. The second-order valence-electron chi connectivity index (χ2n) is 9.68. The largest absolute Gasteiger partial charge is 0.497 e. The van der Waals surface area contributed by atoms with Crippen LogP contribution in [0.15, 0.2) is 23.1 Å². The van der Waals surface area contributed by atoms with Gasteiger partial charge in [-0.3, -0.25) is 4.79 Å². The van der Waals surface area contributed by atoms with Crippen LogP contribution in [-0.4, -0.2) is 40.1 Å². The van der Waals surface area contributed by atoms with Crippen molar-refractivity contribution in [3.05, 3.63) is 18.2 Å². The smallest absolute Gasteiger partial charge is 0.245 e. The molecule has 4 fully saturated rings. The van der Waals surface area contributed by atoms with Crippen LogP contribution in [0.2, 0.25) is 0 Å². The van der Waals surface area contributed by atoms with Gasteiger partial charge in [0, 0.05) is 12.1 Å². The molecule has 1 aromatic rings. The summed E-state index contributed by atoms with van der Waals surface area (Å²) in [6.45, 7) is 3.21. The van der Waals surface area contributed by atoms with Gasteiger partial charge in [-0.25, -0.2) is 8.42 Å². The third-order valence-corrected chi connectivity index (χ3v) is 8.84. The number of hydrogen-bond donors (Lipinski definition) is 2. The standard InChI is InChI=1S/C22H32N2O5S/c1-22(2,24-30(26,27)19-6-5-17(28-3)12-18(19)29-4)21(25)23-20-15-8-13-7-14(10-15)11-16(20)9-13/h5-6,12-16,20,24H,7-11H2,1-4H3,(H,23,25). The molecule has 0 saturated heterocycles. The maximum absolute atomic E-state index is 13.1. The van der Waals surface area contributed by atoms with Gasteiger partial charge in [0.25, 0.3) is 0 Å². The van der Waals surface area contributed by atoms with Gasteiger partial charge in [0.15, 0.2) is 0 Å². The monoisotopic (exact) mass is 436 g/mol. The SMILES string of the molecule is COc1ccc(S(=O)(=O)NC(C)(C)C(=O)NC2C3CC4CC(C3)CC2C4)c(OC)c1. The molecule has 4 aliphatic carbocycles. The van der Waals surface area contributed by atoms with E-state index in [0.29, 0.717) is 17.6 Å². The summed E-state index contributed by atoms with van der Waals surface area (Å²) in [5.41, 5.74) is -1.29. The minimum absolute atomic E-state index is 0.0266. The molecule has 30 heavy (non-hydrogen) atoms. The highest BCUT2D eigenvalue weighted by Crippen LogP contribution is 2.53. The van der Waals surface area contributed by atoms with Crippen LogP contribution < -0.4 is 19.5 Å². The molecule has 1 aromatic carbocycles. The molecule has 7 nitrogen and oxygen atoms in total. The highest BCUT2D eigenvalue weighted by molar-refractivity contribution is 7.89. The highest BCUT2D eigenvalue weighted by Gasteiger charge is 2.49. The Bertz CT molecular complexity index is 899. The van der Waals surface area contributed by atoms with Crippen molar-refractivity contribution >= 4 is 15.9 Å². The van der Waals surface area contributed by atoms with Crippen LogP contribution in [-0.2, 0) is 14.8 Å². The second kappa shape index (κ2) is 7.71. The number of nitrogens with one attached hydrogen (secondary N) is 2. The lowest BCUT2D eigenvalue weighted by molar-refractivity contribution is -0.129. The Morgan fingerprint density at radius 1 is 1.00 bits per heavy atom. The highest BCUT2D eigenvalue weighted by atomic mass is 32.2. The zero-order valence-electron chi connectivity index (χ0n) is 18.1. The molecule has 0 spiro atoms. The summed E-state index contributed by atoms with van der Waals surface area (Å²) < 4.78 is 39.1. The Kier molecular flexibility index (Phi) is 5.51. The van der Waals surface area contributed by atoms with Gasteiger partial charge in [-0.2, -0.15) is 4.72 Å². The number of hydrogen-bond acceptors (Lipinski definition) is 5. The number of benzene rings is 1. The van der Waals surface area contributed by atoms with Gasteiger partial charge >= 0.3 is 0 Å². The number of amides is 1. The third kappa shape index (κ3) is 3.91. The molecule has 0 unspecified atom stereocenters. The van der Waals surface area contributed by atoms with Gasteiger partial charge < -0.3 is 14.8 Å². The van der Waals surface area contributed by atoms with Gasteiger partial charge in [-0.1, -0.05) is 0 Å². The molecular weight excluding hydrogens is 404 g/mol. The predicted octanol–water partition coefficient (Wildman–Crippen LogP) is 2.70. The molecule has 4 bridgehead atoms. The average Bonchev–Trinajstić information content (AvgIpc) is 2.68. The summed E-state index contributed by atoms with van der Waals surface area (Å²) in [7, 11) is -1.08. The molecule has 0 radical (unpaired) electrons. The summed E-state index contributed by atoms with van der Waals surface area (Å²) in [5, 5.41) is 3.21. The van der Waals surface area contributed by atoms with E-state index in [1.165, 1.54) is 58.5 Å². The second-order valence-corrected chi connectivity index (χ2v) is 11.3. The van der Waals surface area contributed by atoms with Gasteiger partial charge in [-0.15, -0.1) is 0 Å². The zero-order chi connectivity index (χ0) is 21.7. The maximum Gasteiger partial charge on any atom is 0.245 e. The maximum atomic E-state index is 13.1. The quantitative estimate of drug-likeness (QED) is 0.685. The van der Waals surface area contributed by atoms with Crippen molar-refractivity contribution in [2.24, 2.45) is 23.7 Å². The first kappa shape index (κ1) is 21.4. The lowest BCUT2D eigenvalue weighted by Crippen LogP contribution is -2.62. The molecular formula is C22H32N2O5S. The summed E-state index contributed by atoms with van der Waals surface area (Å²) in [6.07, 6.45) is 6.10. The van der Waals surface area contributed by atoms with E-state index in [4.69, 9.17) is 9.47 Å². The topological polar surface area (TPSA) is 93.7 Å². The normalized spacial score (nSPS) is 30.2. The van der Waals surface area contributed by atoms with Crippen LogP contribution in [0.3, 0.4) is 0 Å². The molecule has 4 saturated carbocycles. The van der Waals surface area contributed by atoms with Crippen molar-refractivity contribution in [2.45, 2.75) is 62.4 Å². The molecule has 0 aliphatic heterocycles. The van der Waals surface area contributed by atoms with Crippen molar-refractivity contribution in [3.63, 3.8) is 0 Å². The van der Waals surface area contributed by atoms with Crippen LogP contribution in [0, 0.1) is 23.7 Å². The Morgan fingerprint density at radius 2 is 1.60 bits per heavy atom. The van der Waals surface area contributed by atoms with E-state index in [2.05, 4.69) is 10.0 Å². The number of carbonyl (C=O) groups excluding carboxylic acids is 1. The summed E-state index contributed by atoms with van der Waals surface area (Å²) in [5.74, 6) is 3.06. The first-order valence-electron chi connectivity index (χ1n) is 10.7. The van der Waals surface area contributed by atoms with Gasteiger partial charge in [0.05, 0.1) is 14.2 Å². The number of methoxy groups -OCH3 is 2. The van der Waals surface area contributed by atoms with E-state index in [0.717, 1.165) is 11.8 Å². The van der Waals surface area contributed by atoms with E-state index < -0.39 is 15.6 Å². The summed E-state index contributed by atoms with van der Waals surface area (Å²) >= 11 is 0. The third-order valence-electron chi connectivity index (χ3n) is 7.14. The zero-order valence-corrected chi connectivity index (χ0v) is 18.9. The van der Waals surface area contributed by atoms with Gasteiger partial charge in [-0.05, 0) is 81.8 Å². The van der Waals surface area contributed by atoms with Crippen LogP contribution in [0.1, 0.15) is 46.0 Å². The Labute approximate surface area is 179 Å². The molecule has 5 rings (SSSR count). The molecule has 4 aliphatic rings. The van der Waals surface area contributed by atoms with Crippen molar-refractivity contribution in [1.82, 2.24) is 10.0 Å². The fourth-order valence-electron chi connectivity index (χ4n) is 5.93. The van der Waals surface area contributed by atoms with E-state index in [1.807, 2.05) is 0 Å². The molecule has 0 aromatic heterocycles. The number of carbonyl (C=O) groups is 1. The van der Waals surface area contributed by atoms with Crippen molar-refractivity contribution in [2.75, 3.05) is 14.2 Å². The molecule has 0 atom stereocenters. The number of ether oxygens (including phenoxy) is 2. The van der Waals surface area contributed by atoms with Gasteiger partial charge in [0.2, 0.25) is 15.9 Å². The van der Waals surface area contributed by atoms with Crippen molar-refractivity contribution in [3.8, 4) is 11.5 Å². The van der Waals surface area contributed by atoms with Crippen LogP contribution >= 0.6 is 0 Å². The lowest BCUT2D eigenvalue weighted by atomic mass is 9.54. The van der Waals surface area contributed by atoms with Crippen LogP contribution in [0.4, 0.5) is 0 Å². The fraction of sp³-hybridized carbons (Fsp3) is 0.682. The average molecular weight is 437 g/mol. The van der Waals surface area contributed by atoms with Crippen molar-refractivity contribution < 1.29 is 22.7 Å². The molecule has 2 N–H and O–H groups in total. The van der Waals surface area contributed by atoms with E-state index in [1.54, 1.807) is 19.9 Å². The first-order valence-corrected chi connectivity index (χ1v) is 12.2. The van der Waals surface area contributed by atoms with E-state index in [9.17, 15) is 13.2 Å². The van der Waals surface area contributed by atoms with E-state index in [-0.39, 0.29) is 22.6 Å². The fourth-order valence-corrected chi connectivity index (χ4v) is 7.46. The van der Waals surface area contributed by atoms with Gasteiger partial charge in [0.1, 0.15) is 21.9 Å². The summed E-state index contributed by atoms with van der Waals surface area (Å²) in [6, 6.07) is 4.64. The Balaban J connectivity index is 1.49. The minimum atomic E-state index is -3.98. The van der Waals surface area contributed by atoms with Crippen LogP contribution in [0.25, 0.3) is 0 Å². The van der Waals surface area contributed by atoms with E-state index >= 15 is 0 Å². The number of sulfonamides is 1. The molecule has 1 amide bonds. The van der Waals surface area contributed by atoms with Crippen LogP contribution in [0.5, 0.6) is 11.5 Å². The Hall–Kier alpha value is -1.80. The summed E-state index contributed by atoms with van der Waals surface area (Å²) in [4.78, 5) is 13.1. The number of rotatable bonds is 7. The molecule has 8 heteroatoms. The molecule has 166 valence electrons. The first-order chi connectivity index (χ1) is 14.1. The van der Waals surface area contributed by atoms with Crippen molar-refractivity contribution in [1.29, 1.82) is 0 Å². The Morgan fingerprint density at radius 3 is 2.13 bits per heavy atom. The predicted molar refractivity (Wildman–Crippen MR) is 113 cm³/mol.